The molecule has 4 atom stereocenters. The first kappa shape index (κ1) is 12.7. The molecule has 0 bridgehead atoms. The molecule has 0 spiro atoms. The molecule has 1 aliphatic heterocycles. The minimum Gasteiger partial charge on any atom is -0.394 e. The van der Waals surface area contributed by atoms with Crippen molar-refractivity contribution in [2.45, 2.75) is 24.5 Å². The fourth-order valence-corrected chi connectivity index (χ4v) is 2.39. The average Bonchev–Trinajstić information content (AvgIpc) is 2.82. The Labute approximate surface area is 110 Å². The second-order valence-electron chi connectivity index (χ2n) is 3.64. The number of rotatable bonds is 2. The van der Waals surface area contributed by atoms with E-state index in [4.69, 9.17) is 15.1 Å². The molecule has 0 aliphatic carbocycles. The number of imidazole rings is 1. The van der Waals surface area contributed by atoms with Crippen molar-refractivity contribution >= 4 is 22.6 Å². The summed E-state index contributed by atoms with van der Waals surface area (Å²) < 4.78 is 7.25. The van der Waals surface area contributed by atoms with Gasteiger partial charge in [0.1, 0.15) is 24.4 Å². The van der Waals surface area contributed by atoms with Crippen LogP contribution in [0.2, 0.25) is 0 Å². The van der Waals surface area contributed by atoms with E-state index in [0.717, 1.165) is 0 Å². The van der Waals surface area contributed by atoms with Crippen LogP contribution in [-0.2, 0) is 4.74 Å². The zero-order valence-corrected chi connectivity index (χ0v) is 10.7. The fraction of sp³-hybridized carbons (Fsp3) is 0.556. The van der Waals surface area contributed by atoms with Gasteiger partial charge in [-0.2, -0.15) is 5.26 Å². The van der Waals surface area contributed by atoms with Crippen molar-refractivity contribution in [3.05, 3.63) is 15.7 Å². The lowest BCUT2D eigenvalue weighted by Gasteiger charge is -2.16. The van der Waals surface area contributed by atoms with Gasteiger partial charge in [-0.1, -0.05) is 0 Å². The molecule has 0 saturated carbocycles. The van der Waals surface area contributed by atoms with Crippen molar-refractivity contribution in [1.82, 2.24) is 9.55 Å². The summed E-state index contributed by atoms with van der Waals surface area (Å²) in [5.74, 6) is 0. The van der Waals surface area contributed by atoms with E-state index in [1.54, 1.807) is 0 Å². The van der Waals surface area contributed by atoms with Crippen LogP contribution >= 0.6 is 22.6 Å². The molecule has 8 heteroatoms. The van der Waals surface area contributed by atoms with E-state index in [-0.39, 0.29) is 12.3 Å². The second-order valence-corrected chi connectivity index (χ2v) is 4.61. The maximum Gasteiger partial charge on any atom is 0.174 e. The lowest BCUT2D eigenvalue weighted by atomic mass is 10.1. The normalized spacial score (nSPS) is 32.6. The average molecular weight is 351 g/mol. The molecule has 7 nitrogen and oxygen atoms in total. The van der Waals surface area contributed by atoms with Crippen LogP contribution in [0.25, 0.3) is 0 Å². The van der Waals surface area contributed by atoms with E-state index >= 15 is 0 Å². The summed E-state index contributed by atoms with van der Waals surface area (Å²) in [5, 5.41) is 37.1. The Kier molecular flexibility index (Phi) is 3.64. The molecule has 1 aromatic rings. The molecule has 0 aromatic carbocycles. The molecule has 1 aliphatic rings. The third-order valence-corrected chi connectivity index (χ3v) is 3.39. The Morgan fingerprint density at radius 3 is 2.71 bits per heavy atom. The number of hydrogen-bond donors (Lipinski definition) is 3. The first-order chi connectivity index (χ1) is 8.08. The van der Waals surface area contributed by atoms with Gasteiger partial charge in [0.05, 0.1) is 6.61 Å². The highest BCUT2D eigenvalue weighted by atomic mass is 127. The third kappa shape index (κ3) is 2.16. The highest BCUT2D eigenvalue weighted by molar-refractivity contribution is 14.1. The number of halogens is 1. The predicted octanol–water partition coefficient (Wildman–Crippen LogP) is -1.03. The van der Waals surface area contributed by atoms with Gasteiger partial charge in [-0.05, 0) is 0 Å². The minimum absolute atomic E-state index is 0.201. The van der Waals surface area contributed by atoms with Gasteiger partial charge in [-0.3, -0.25) is 4.57 Å². The summed E-state index contributed by atoms with van der Waals surface area (Å²) in [4.78, 5) is 3.94. The number of nitriles is 1. The maximum absolute atomic E-state index is 9.80. The van der Waals surface area contributed by atoms with E-state index in [2.05, 4.69) is 4.98 Å². The molecule has 1 saturated heterocycles. The number of aliphatic hydroxyl groups is 3. The summed E-state index contributed by atoms with van der Waals surface area (Å²) in [5.41, 5.74) is 0.201. The lowest BCUT2D eigenvalue weighted by molar-refractivity contribution is -0.0540. The molecule has 0 amide bonds. The molecule has 92 valence electrons. The summed E-state index contributed by atoms with van der Waals surface area (Å²) in [6, 6.07) is 1.88. The van der Waals surface area contributed by atoms with E-state index in [0.29, 0.717) is 3.83 Å². The number of nitrogens with zero attached hydrogens (tertiary/aromatic N) is 3. The highest BCUT2D eigenvalue weighted by Gasteiger charge is 2.43. The van der Waals surface area contributed by atoms with Crippen LogP contribution in [0.4, 0.5) is 0 Å². The van der Waals surface area contributed by atoms with Gasteiger partial charge >= 0.3 is 0 Å². The zero-order chi connectivity index (χ0) is 12.6. The van der Waals surface area contributed by atoms with Crippen molar-refractivity contribution in [3.8, 4) is 6.07 Å². The summed E-state index contributed by atoms with van der Waals surface area (Å²) >= 11 is 1.90. The van der Waals surface area contributed by atoms with Crippen LogP contribution in [0.15, 0.2) is 6.20 Å². The fourth-order valence-electron chi connectivity index (χ4n) is 1.71. The molecule has 2 rings (SSSR count). The largest absolute Gasteiger partial charge is 0.394 e. The van der Waals surface area contributed by atoms with Crippen molar-refractivity contribution in [2.75, 3.05) is 6.61 Å². The number of hydrogen-bond acceptors (Lipinski definition) is 6. The Morgan fingerprint density at radius 1 is 1.53 bits per heavy atom. The van der Waals surface area contributed by atoms with Gasteiger partial charge in [0.2, 0.25) is 0 Å². The van der Waals surface area contributed by atoms with Crippen molar-refractivity contribution in [1.29, 1.82) is 5.26 Å². The summed E-state index contributed by atoms with van der Waals surface area (Å²) in [6.45, 7) is -0.384. The topological polar surface area (TPSA) is 112 Å². The molecule has 3 N–H and O–H groups in total. The molecule has 0 radical (unpaired) electrons. The van der Waals surface area contributed by atoms with Gasteiger partial charge in [0.25, 0.3) is 0 Å². The first-order valence-electron chi connectivity index (χ1n) is 4.85. The smallest absolute Gasteiger partial charge is 0.174 e. The monoisotopic (exact) mass is 351 g/mol. The van der Waals surface area contributed by atoms with Crippen LogP contribution in [-0.4, -0.2) is 49.8 Å². The summed E-state index contributed by atoms with van der Waals surface area (Å²) in [6.07, 6.45) is -2.57. The molecule has 0 unspecified atom stereocenters. The van der Waals surface area contributed by atoms with E-state index in [1.807, 2.05) is 28.7 Å². The van der Waals surface area contributed by atoms with Crippen LogP contribution in [0.1, 0.15) is 11.9 Å². The number of aromatic nitrogens is 2. The minimum atomic E-state index is -1.17. The molecule has 1 fully saturated rings. The Bertz CT molecular complexity index is 458. The predicted molar refractivity (Wildman–Crippen MR) is 62.7 cm³/mol. The highest BCUT2D eigenvalue weighted by Crippen LogP contribution is 2.30. The Morgan fingerprint density at radius 2 is 2.24 bits per heavy atom. The standard InChI is InChI=1S/C9H10IN3O4/c10-9-12-4(1-11)2-13(9)8-7(16)6(15)5(3-14)17-8/h2,5-8,14-16H,3H2/t5-,6-,7-,8-/m1/s1. The molecule has 2 heterocycles. The van der Waals surface area contributed by atoms with Gasteiger partial charge < -0.3 is 20.1 Å². The van der Waals surface area contributed by atoms with Gasteiger partial charge in [-0.25, -0.2) is 4.98 Å². The van der Waals surface area contributed by atoms with Gasteiger partial charge in [0, 0.05) is 28.8 Å². The first-order valence-corrected chi connectivity index (χ1v) is 5.93. The van der Waals surface area contributed by atoms with Crippen LogP contribution < -0.4 is 0 Å². The van der Waals surface area contributed by atoms with Gasteiger partial charge in [-0.15, -0.1) is 0 Å². The molecular formula is C9H10IN3O4. The van der Waals surface area contributed by atoms with E-state index in [1.165, 1.54) is 10.8 Å². The lowest BCUT2D eigenvalue weighted by Crippen LogP contribution is -2.33. The zero-order valence-electron chi connectivity index (χ0n) is 8.56. The van der Waals surface area contributed by atoms with Crippen molar-refractivity contribution in [2.24, 2.45) is 0 Å². The Hall–Kier alpha value is -0.730. The maximum atomic E-state index is 9.80. The van der Waals surface area contributed by atoms with Crippen molar-refractivity contribution in [3.63, 3.8) is 0 Å². The van der Waals surface area contributed by atoms with Crippen LogP contribution in [0, 0.1) is 15.2 Å². The van der Waals surface area contributed by atoms with Crippen LogP contribution in [0.5, 0.6) is 0 Å². The Balaban J connectivity index is 2.29. The SMILES string of the molecule is N#Cc1cn([C@@H]2O[C@H](CO)[C@@H](O)[C@H]2O)c(I)n1. The summed E-state index contributed by atoms with van der Waals surface area (Å²) in [7, 11) is 0. The van der Waals surface area contributed by atoms with E-state index in [9.17, 15) is 10.2 Å². The van der Waals surface area contributed by atoms with Gasteiger partial charge in [0.15, 0.2) is 15.8 Å². The van der Waals surface area contributed by atoms with Crippen LogP contribution in [0.3, 0.4) is 0 Å². The molecular weight excluding hydrogens is 341 g/mol. The van der Waals surface area contributed by atoms with Crippen molar-refractivity contribution < 1.29 is 20.1 Å². The van der Waals surface area contributed by atoms with E-state index < -0.39 is 24.5 Å². The number of aliphatic hydroxyl groups excluding tert-OH is 3. The molecule has 1 aromatic heterocycles. The second kappa shape index (κ2) is 4.87. The number of ether oxygens (including phenoxy) is 1. The quantitative estimate of drug-likeness (QED) is 0.588. The third-order valence-electron chi connectivity index (χ3n) is 2.59. The molecule has 17 heavy (non-hydrogen) atoms.